The summed E-state index contributed by atoms with van der Waals surface area (Å²) in [7, 11) is 0. The van der Waals surface area contributed by atoms with E-state index in [-0.39, 0.29) is 10.6 Å². The number of nitro groups is 1. The number of aromatic nitrogens is 1. The van der Waals surface area contributed by atoms with Gasteiger partial charge < -0.3 is 4.90 Å². The predicted octanol–water partition coefficient (Wildman–Crippen LogP) is 3.38. The number of anilines is 1. The monoisotopic (exact) mass is 271 g/mol. The molecule has 1 saturated heterocycles. The van der Waals surface area contributed by atoms with E-state index in [1.807, 2.05) is 12.1 Å². The molecule has 2 aromatic rings. The zero-order chi connectivity index (χ0) is 14.1. The molecule has 0 saturated carbocycles. The number of pyridine rings is 1. The molecule has 1 aromatic heterocycles. The van der Waals surface area contributed by atoms with Crippen LogP contribution in [0.15, 0.2) is 30.3 Å². The minimum Gasteiger partial charge on any atom is -0.357 e. The maximum Gasteiger partial charge on any atom is 0.270 e. The number of piperidine rings is 1. The molecule has 0 amide bonds. The first kappa shape index (κ1) is 12.8. The lowest BCUT2D eigenvalue weighted by molar-refractivity contribution is -0.384. The van der Waals surface area contributed by atoms with Gasteiger partial charge in [0.2, 0.25) is 0 Å². The Labute approximate surface area is 117 Å². The number of benzene rings is 1. The van der Waals surface area contributed by atoms with Crippen LogP contribution >= 0.6 is 0 Å². The van der Waals surface area contributed by atoms with Crippen molar-refractivity contribution in [3.05, 3.63) is 40.4 Å². The van der Waals surface area contributed by atoms with Crippen LogP contribution in [0.2, 0.25) is 0 Å². The Bertz CT molecular complexity index is 649. The van der Waals surface area contributed by atoms with E-state index >= 15 is 0 Å². The molecule has 2 heterocycles. The molecule has 0 unspecified atom stereocenters. The SMILES string of the molecule is CC1CCN(c2ccc3cc([N+](=O)[O-])ccc3n2)CC1. The lowest BCUT2D eigenvalue weighted by atomic mass is 9.99. The normalized spacial score (nSPS) is 16.6. The van der Waals surface area contributed by atoms with Crippen molar-refractivity contribution in [2.24, 2.45) is 5.92 Å². The van der Waals surface area contributed by atoms with Gasteiger partial charge in [0.15, 0.2) is 0 Å². The second-order valence-electron chi connectivity index (χ2n) is 5.47. The third kappa shape index (κ3) is 2.43. The summed E-state index contributed by atoms with van der Waals surface area (Å²) in [4.78, 5) is 17.3. The van der Waals surface area contributed by atoms with E-state index in [2.05, 4.69) is 16.8 Å². The van der Waals surface area contributed by atoms with Crippen LogP contribution in [0.25, 0.3) is 10.9 Å². The molecule has 0 radical (unpaired) electrons. The van der Waals surface area contributed by atoms with Crippen molar-refractivity contribution in [3.63, 3.8) is 0 Å². The fourth-order valence-corrected chi connectivity index (χ4v) is 2.63. The van der Waals surface area contributed by atoms with Crippen molar-refractivity contribution in [2.45, 2.75) is 19.8 Å². The number of rotatable bonds is 2. The fraction of sp³-hybridized carbons (Fsp3) is 0.400. The summed E-state index contributed by atoms with van der Waals surface area (Å²) in [5.41, 5.74) is 0.922. The molecule has 104 valence electrons. The Hall–Kier alpha value is -2.17. The lowest BCUT2D eigenvalue weighted by Gasteiger charge is -2.31. The molecule has 1 aliphatic rings. The number of fused-ring (bicyclic) bond motifs is 1. The minimum absolute atomic E-state index is 0.110. The first-order valence-electron chi connectivity index (χ1n) is 6.93. The molecule has 3 rings (SSSR count). The van der Waals surface area contributed by atoms with Gasteiger partial charge in [0, 0.05) is 30.6 Å². The van der Waals surface area contributed by atoms with Gasteiger partial charge in [0.1, 0.15) is 5.82 Å². The third-order valence-electron chi connectivity index (χ3n) is 3.98. The second kappa shape index (κ2) is 5.07. The quantitative estimate of drug-likeness (QED) is 0.620. The Morgan fingerprint density at radius 1 is 1.25 bits per heavy atom. The summed E-state index contributed by atoms with van der Waals surface area (Å²) >= 11 is 0. The van der Waals surface area contributed by atoms with E-state index in [0.717, 1.165) is 35.7 Å². The number of nitrogens with zero attached hydrogens (tertiary/aromatic N) is 3. The molecule has 1 fully saturated rings. The zero-order valence-corrected chi connectivity index (χ0v) is 11.5. The second-order valence-corrected chi connectivity index (χ2v) is 5.47. The molecule has 0 atom stereocenters. The Morgan fingerprint density at radius 2 is 2.00 bits per heavy atom. The summed E-state index contributed by atoms with van der Waals surface area (Å²) in [6.45, 7) is 4.35. The zero-order valence-electron chi connectivity index (χ0n) is 11.5. The molecule has 5 heteroatoms. The summed E-state index contributed by atoms with van der Waals surface area (Å²) in [6.07, 6.45) is 2.39. The molecule has 0 spiro atoms. The fourth-order valence-electron chi connectivity index (χ4n) is 2.63. The highest BCUT2D eigenvalue weighted by atomic mass is 16.6. The van der Waals surface area contributed by atoms with E-state index in [9.17, 15) is 10.1 Å². The van der Waals surface area contributed by atoms with Gasteiger partial charge in [0.25, 0.3) is 5.69 Å². The number of non-ortho nitro benzene ring substituents is 1. The van der Waals surface area contributed by atoms with Crippen LogP contribution in [0.4, 0.5) is 11.5 Å². The average Bonchev–Trinajstić information content (AvgIpc) is 2.47. The molecule has 1 aromatic carbocycles. The van der Waals surface area contributed by atoms with Crippen molar-refractivity contribution >= 4 is 22.4 Å². The maximum atomic E-state index is 10.8. The van der Waals surface area contributed by atoms with Crippen molar-refractivity contribution < 1.29 is 4.92 Å². The first-order chi connectivity index (χ1) is 9.63. The smallest absolute Gasteiger partial charge is 0.270 e. The van der Waals surface area contributed by atoms with Crippen LogP contribution in [0.1, 0.15) is 19.8 Å². The molecule has 5 nitrogen and oxygen atoms in total. The van der Waals surface area contributed by atoms with Crippen molar-refractivity contribution in [1.82, 2.24) is 4.98 Å². The maximum absolute atomic E-state index is 10.8. The van der Waals surface area contributed by atoms with E-state index in [1.54, 1.807) is 12.1 Å². The highest BCUT2D eigenvalue weighted by molar-refractivity contribution is 5.82. The van der Waals surface area contributed by atoms with Gasteiger partial charge in [-0.1, -0.05) is 6.92 Å². The highest BCUT2D eigenvalue weighted by Crippen LogP contribution is 2.25. The molecular weight excluding hydrogens is 254 g/mol. The summed E-state index contributed by atoms with van der Waals surface area (Å²) in [6, 6.07) is 8.69. The van der Waals surface area contributed by atoms with Crippen LogP contribution in [-0.4, -0.2) is 23.0 Å². The van der Waals surface area contributed by atoms with Crippen LogP contribution in [0.3, 0.4) is 0 Å². The molecule has 0 N–H and O–H groups in total. The van der Waals surface area contributed by atoms with Gasteiger partial charge in [-0.15, -0.1) is 0 Å². The third-order valence-corrected chi connectivity index (χ3v) is 3.98. The topological polar surface area (TPSA) is 59.3 Å². The number of hydrogen-bond donors (Lipinski definition) is 0. The molecule has 0 aliphatic carbocycles. The average molecular weight is 271 g/mol. The standard InChI is InChI=1S/C15H17N3O2/c1-11-6-8-17(9-7-11)15-5-2-12-10-13(18(19)20)3-4-14(12)16-15/h2-5,10-11H,6-9H2,1H3. The Balaban J connectivity index is 1.91. The van der Waals surface area contributed by atoms with E-state index in [4.69, 9.17) is 0 Å². The van der Waals surface area contributed by atoms with E-state index in [1.165, 1.54) is 18.9 Å². The van der Waals surface area contributed by atoms with Crippen molar-refractivity contribution in [1.29, 1.82) is 0 Å². The summed E-state index contributed by atoms with van der Waals surface area (Å²) in [5.74, 6) is 1.76. The van der Waals surface area contributed by atoms with Crippen LogP contribution in [-0.2, 0) is 0 Å². The van der Waals surface area contributed by atoms with Gasteiger partial charge in [0.05, 0.1) is 10.4 Å². The van der Waals surface area contributed by atoms with E-state index in [0.29, 0.717) is 0 Å². The first-order valence-corrected chi connectivity index (χ1v) is 6.93. The predicted molar refractivity (Wildman–Crippen MR) is 79.0 cm³/mol. The largest absolute Gasteiger partial charge is 0.357 e. The number of hydrogen-bond acceptors (Lipinski definition) is 4. The highest BCUT2D eigenvalue weighted by Gasteiger charge is 2.17. The van der Waals surface area contributed by atoms with Gasteiger partial charge in [-0.2, -0.15) is 0 Å². The lowest BCUT2D eigenvalue weighted by Crippen LogP contribution is -2.33. The van der Waals surface area contributed by atoms with Crippen molar-refractivity contribution in [3.8, 4) is 0 Å². The molecule has 20 heavy (non-hydrogen) atoms. The molecule has 1 aliphatic heterocycles. The van der Waals surface area contributed by atoms with Gasteiger partial charge in [-0.3, -0.25) is 10.1 Å². The van der Waals surface area contributed by atoms with Crippen LogP contribution in [0.5, 0.6) is 0 Å². The summed E-state index contributed by atoms with van der Waals surface area (Å²) < 4.78 is 0. The number of nitro benzene ring substituents is 1. The van der Waals surface area contributed by atoms with Gasteiger partial charge in [-0.25, -0.2) is 4.98 Å². The van der Waals surface area contributed by atoms with Crippen LogP contribution in [0, 0.1) is 16.0 Å². The summed E-state index contributed by atoms with van der Waals surface area (Å²) in [5, 5.41) is 11.6. The Kier molecular flexibility index (Phi) is 3.26. The van der Waals surface area contributed by atoms with Crippen molar-refractivity contribution in [2.75, 3.05) is 18.0 Å². The van der Waals surface area contributed by atoms with Gasteiger partial charge >= 0.3 is 0 Å². The Morgan fingerprint density at radius 3 is 2.70 bits per heavy atom. The minimum atomic E-state index is -0.376. The van der Waals surface area contributed by atoms with E-state index < -0.39 is 0 Å². The molecule has 0 bridgehead atoms. The van der Waals surface area contributed by atoms with Gasteiger partial charge in [-0.05, 0) is 37.0 Å². The molecular formula is C15H17N3O2. The van der Waals surface area contributed by atoms with Crippen LogP contribution < -0.4 is 4.90 Å².